The van der Waals surface area contributed by atoms with Gasteiger partial charge < -0.3 is 10.2 Å². The third-order valence-corrected chi connectivity index (χ3v) is 4.27. The monoisotopic (exact) mass is 284 g/mol. The normalized spacial score (nSPS) is 20.5. The molecule has 0 bridgehead atoms. The number of nitrogens with one attached hydrogen (secondary N) is 1. The summed E-state index contributed by atoms with van der Waals surface area (Å²) in [5.41, 5.74) is 2.89. The average molecular weight is 284 g/mol. The Balaban J connectivity index is 1.68. The summed E-state index contributed by atoms with van der Waals surface area (Å²) in [7, 11) is 1.80. The standard InChI is InChI=1S/C17H20N2O2/c1-19-15-8-7-14(11-13(15)6-9-17(19)21)18-16(20)10-12-4-2-3-5-12/h2,4,7-8,11-12H,3,5-6,9-10H2,1H3,(H,18,20). The van der Waals surface area contributed by atoms with E-state index in [0.717, 1.165) is 36.2 Å². The Morgan fingerprint density at radius 3 is 3.00 bits per heavy atom. The molecule has 0 aromatic heterocycles. The zero-order chi connectivity index (χ0) is 14.8. The molecule has 4 nitrogen and oxygen atoms in total. The van der Waals surface area contributed by atoms with Crippen LogP contribution in [-0.2, 0) is 16.0 Å². The van der Waals surface area contributed by atoms with Crippen molar-refractivity contribution in [2.75, 3.05) is 17.3 Å². The molecule has 1 aliphatic heterocycles. The molecule has 3 rings (SSSR count). The van der Waals surface area contributed by atoms with Gasteiger partial charge in [-0.2, -0.15) is 0 Å². The summed E-state index contributed by atoms with van der Waals surface area (Å²) in [5, 5.41) is 2.97. The summed E-state index contributed by atoms with van der Waals surface area (Å²) >= 11 is 0. The highest BCUT2D eigenvalue weighted by molar-refractivity contribution is 5.97. The fourth-order valence-corrected chi connectivity index (χ4v) is 3.05. The molecule has 110 valence electrons. The lowest BCUT2D eigenvalue weighted by atomic mass is 10.0. The number of nitrogens with zero attached hydrogens (tertiary/aromatic N) is 1. The van der Waals surface area contributed by atoms with Gasteiger partial charge in [0.05, 0.1) is 0 Å². The van der Waals surface area contributed by atoms with Crippen LogP contribution in [0.25, 0.3) is 0 Å². The number of carbonyl (C=O) groups is 2. The average Bonchev–Trinajstić information content (AvgIpc) is 2.96. The number of allylic oxidation sites excluding steroid dienone is 2. The van der Waals surface area contributed by atoms with Crippen LogP contribution in [0.4, 0.5) is 11.4 Å². The number of amides is 2. The third-order valence-electron chi connectivity index (χ3n) is 4.27. The fraction of sp³-hybridized carbons (Fsp3) is 0.412. The predicted molar refractivity (Wildman–Crippen MR) is 83.3 cm³/mol. The summed E-state index contributed by atoms with van der Waals surface area (Å²) in [4.78, 5) is 25.4. The molecule has 21 heavy (non-hydrogen) atoms. The summed E-state index contributed by atoms with van der Waals surface area (Å²) in [6, 6.07) is 5.77. The maximum Gasteiger partial charge on any atom is 0.227 e. The number of anilines is 2. The van der Waals surface area contributed by atoms with Crippen molar-refractivity contribution in [1.82, 2.24) is 0 Å². The number of fused-ring (bicyclic) bond motifs is 1. The number of hydrogen-bond donors (Lipinski definition) is 1. The third kappa shape index (κ3) is 2.99. The first kappa shape index (κ1) is 13.9. The van der Waals surface area contributed by atoms with Gasteiger partial charge in [0.25, 0.3) is 0 Å². The van der Waals surface area contributed by atoms with Gasteiger partial charge in [-0.15, -0.1) is 0 Å². The molecule has 0 saturated heterocycles. The minimum atomic E-state index is 0.0618. The lowest BCUT2D eigenvalue weighted by Crippen LogP contribution is -2.31. The molecule has 0 spiro atoms. The first-order valence-corrected chi connectivity index (χ1v) is 7.49. The molecule has 1 aromatic carbocycles. The Morgan fingerprint density at radius 2 is 2.24 bits per heavy atom. The van der Waals surface area contributed by atoms with Gasteiger partial charge in [-0.1, -0.05) is 12.2 Å². The van der Waals surface area contributed by atoms with Crippen LogP contribution in [0.1, 0.15) is 31.2 Å². The summed E-state index contributed by atoms with van der Waals surface area (Å²) < 4.78 is 0. The predicted octanol–water partition coefficient (Wildman–Crippen LogP) is 2.89. The van der Waals surface area contributed by atoms with Gasteiger partial charge in [-0.05, 0) is 48.9 Å². The molecular weight excluding hydrogens is 264 g/mol. The van der Waals surface area contributed by atoms with E-state index in [2.05, 4.69) is 17.5 Å². The van der Waals surface area contributed by atoms with E-state index < -0.39 is 0 Å². The first-order chi connectivity index (χ1) is 10.1. The number of rotatable bonds is 3. The maximum atomic E-state index is 12.0. The van der Waals surface area contributed by atoms with Crippen molar-refractivity contribution in [2.45, 2.75) is 32.1 Å². The van der Waals surface area contributed by atoms with E-state index in [1.165, 1.54) is 0 Å². The molecule has 1 unspecified atom stereocenters. The van der Waals surface area contributed by atoms with Gasteiger partial charge in [0.2, 0.25) is 11.8 Å². The second-order valence-corrected chi connectivity index (χ2v) is 5.81. The fourth-order valence-electron chi connectivity index (χ4n) is 3.05. The van der Waals surface area contributed by atoms with Gasteiger partial charge in [-0.25, -0.2) is 0 Å². The Morgan fingerprint density at radius 1 is 1.38 bits per heavy atom. The molecule has 4 heteroatoms. The Bertz CT molecular complexity index is 607. The maximum absolute atomic E-state index is 12.0. The molecule has 1 N–H and O–H groups in total. The number of carbonyl (C=O) groups excluding carboxylic acids is 2. The molecule has 0 radical (unpaired) electrons. The highest BCUT2D eigenvalue weighted by Crippen LogP contribution is 2.29. The first-order valence-electron chi connectivity index (χ1n) is 7.49. The SMILES string of the molecule is CN1C(=O)CCc2cc(NC(=O)CC3C=CCC3)ccc21. The van der Waals surface area contributed by atoms with Crippen LogP contribution in [-0.4, -0.2) is 18.9 Å². The van der Waals surface area contributed by atoms with Crippen molar-refractivity contribution in [3.63, 3.8) is 0 Å². The van der Waals surface area contributed by atoms with Crippen LogP contribution in [0.2, 0.25) is 0 Å². The number of aryl methyl sites for hydroxylation is 1. The topological polar surface area (TPSA) is 49.4 Å². The van der Waals surface area contributed by atoms with Crippen LogP contribution < -0.4 is 10.2 Å². The quantitative estimate of drug-likeness (QED) is 0.868. The molecule has 2 aliphatic rings. The van der Waals surface area contributed by atoms with E-state index in [1.54, 1.807) is 11.9 Å². The van der Waals surface area contributed by atoms with E-state index in [-0.39, 0.29) is 11.8 Å². The van der Waals surface area contributed by atoms with E-state index in [4.69, 9.17) is 0 Å². The van der Waals surface area contributed by atoms with Crippen molar-refractivity contribution >= 4 is 23.2 Å². The molecule has 0 saturated carbocycles. The molecule has 0 fully saturated rings. The lowest BCUT2D eigenvalue weighted by Gasteiger charge is -2.26. The van der Waals surface area contributed by atoms with E-state index in [9.17, 15) is 9.59 Å². The Kier molecular flexibility index (Phi) is 3.78. The Labute approximate surface area is 124 Å². The summed E-state index contributed by atoms with van der Waals surface area (Å²) in [6.45, 7) is 0. The van der Waals surface area contributed by atoms with Crippen LogP contribution in [0, 0.1) is 5.92 Å². The van der Waals surface area contributed by atoms with Crippen molar-refractivity contribution in [3.8, 4) is 0 Å². The lowest BCUT2D eigenvalue weighted by molar-refractivity contribution is -0.118. The van der Waals surface area contributed by atoms with Crippen molar-refractivity contribution < 1.29 is 9.59 Å². The van der Waals surface area contributed by atoms with Crippen molar-refractivity contribution in [1.29, 1.82) is 0 Å². The summed E-state index contributed by atoms with van der Waals surface area (Å²) in [6.07, 6.45) is 8.26. The van der Waals surface area contributed by atoms with Crippen LogP contribution >= 0.6 is 0 Å². The van der Waals surface area contributed by atoms with Gasteiger partial charge in [0, 0.05) is 31.3 Å². The molecule has 1 aliphatic carbocycles. The van der Waals surface area contributed by atoms with E-state index in [0.29, 0.717) is 18.8 Å². The second kappa shape index (κ2) is 5.72. The molecule has 1 aromatic rings. The molecule has 1 atom stereocenters. The molecular formula is C17H20N2O2. The largest absolute Gasteiger partial charge is 0.326 e. The van der Waals surface area contributed by atoms with Crippen LogP contribution in [0.3, 0.4) is 0 Å². The van der Waals surface area contributed by atoms with Gasteiger partial charge in [0.15, 0.2) is 0 Å². The smallest absolute Gasteiger partial charge is 0.227 e. The van der Waals surface area contributed by atoms with Gasteiger partial charge in [0.1, 0.15) is 0 Å². The minimum Gasteiger partial charge on any atom is -0.326 e. The minimum absolute atomic E-state index is 0.0618. The van der Waals surface area contributed by atoms with Crippen molar-refractivity contribution in [3.05, 3.63) is 35.9 Å². The number of hydrogen-bond acceptors (Lipinski definition) is 2. The molecule has 2 amide bonds. The zero-order valence-electron chi connectivity index (χ0n) is 12.3. The van der Waals surface area contributed by atoms with Crippen molar-refractivity contribution in [2.24, 2.45) is 5.92 Å². The summed E-state index contributed by atoms with van der Waals surface area (Å²) in [5.74, 6) is 0.588. The highest BCUT2D eigenvalue weighted by atomic mass is 16.2. The van der Waals surface area contributed by atoms with Crippen LogP contribution in [0.15, 0.2) is 30.4 Å². The van der Waals surface area contributed by atoms with Gasteiger partial charge in [-0.3, -0.25) is 9.59 Å². The Hall–Kier alpha value is -2.10. The van der Waals surface area contributed by atoms with Crippen LogP contribution in [0.5, 0.6) is 0 Å². The van der Waals surface area contributed by atoms with E-state index >= 15 is 0 Å². The molecule has 1 heterocycles. The zero-order valence-corrected chi connectivity index (χ0v) is 12.3. The van der Waals surface area contributed by atoms with E-state index in [1.807, 2.05) is 18.2 Å². The second-order valence-electron chi connectivity index (χ2n) is 5.81. The van der Waals surface area contributed by atoms with Gasteiger partial charge >= 0.3 is 0 Å². The highest BCUT2D eigenvalue weighted by Gasteiger charge is 2.21. The number of benzene rings is 1.